The monoisotopic (exact) mass is 727 g/mol. The zero-order chi connectivity index (χ0) is 26.1. The zero-order valence-corrected chi connectivity index (χ0v) is 24.1. The van der Waals surface area contributed by atoms with Gasteiger partial charge in [0.15, 0.2) is 17.3 Å². The molecule has 188 valence electrons. The van der Waals surface area contributed by atoms with Gasteiger partial charge in [0.25, 0.3) is 5.56 Å². The van der Waals surface area contributed by atoms with Crippen molar-refractivity contribution in [3.63, 3.8) is 0 Å². The first-order chi connectivity index (χ1) is 18.6. The Labute approximate surface area is 245 Å². The van der Waals surface area contributed by atoms with Crippen LogP contribution in [0, 0.1) is 7.14 Å². The van der Waals surface area contributed by atoms with Crippen molar-refractivity contribution in [2.45, 2.75) is 6.61 Å². The number of nitrogens with zero attached hydrogens (tertiary/aromatic N) is 3. The molecule has 38 heavy (non-hydrogen) atoms. The summed E-state index contributed by atoms with van der Waals surface area (Å²) in [6.07, 6.45) is 1.68. The first-order valence-corrected chi connectivity index (χ1v) is 13.8. The molecule has 1 aromatic heterocycles. The van der Waals surface area contributed by atoms with E-state index in [9.17, 15) is 4.79 Å². The second-order valence-electron chi connectivity index (χ2n) is 8.47. The van der Waals surface area contributed by atoms with Gasteiger partial charge in [-0.2, -0.15) is 9.78 Å². The fourth-order valence-electron chi connectivity index (χ4n) is 4.11. The molecule has 4 aromatic carbocycles. The fraction of sp³-hybridized carbons (Fsp3) is 0.0690. The fourth-order valence-corrected chi connectivity index (χ4v) is 6.24. The molecule has 0 saturated heterocycles. The largest absolute Gasteiger partial charge is 0.487 e. The molecule has 9 heteroatoms. The summed E-state index contributed by atoms with van der Waals surface area (Å²) in [5.41, 5.74) is 3.05. The van der Waals surface area contributed by atoms with E-state index in [-0.39, 0.29) is 12.4 Å². The molecule has 1 aliphatic heterocycles. The van der Waals surface area contributed by atoms with Crippen LogP contribution in [0.15, 0.2) is 94.8 Å². The predicted molar refractivity (Wildman–Crippen MR) is 163 cm³/mol. The standard InChI is InChI=1S/C29H19I2N3O4/c30-22-12-19(13-23(31)27(22)36-16-18-10-11-25-26(14-18)38-17-37-25)15-32-34-28(20-6-2-1-3-7-20)33-24-9-5-4-8-21(24)29(34)35/h1-15H,16-17H2. The molecule has 7 nitrogen and oxygen atoms in total. The van der Waals surface area contributed by atoms with Gasteiger partial charge < -0.3 is 14.2 Å². The van der Waals surface area contributed by atoms with Crippen LogP contribution in [0.1, 0.15) is 11.1 Å². The maximum atomic E-state index is 13.4. The van der Waals surface area contributed by atoms with Gasteiger partial charge in [-0.05, 0) is 92.7 Å². The molecule has 0 aliphatic carbocycles. The molecule has 0 amide bonds. The van der Waals surface area contributed by atoms with E-state index >= 15 is 0 Å². The second-order valence-corrected chi connectivity index (χ2v) is 10.8. The van der Waals surface area contributed by atoms with Gasteiger partial charge in [-0.15, -0.1) is 0 Å². The molecule has 0 radical (unpaired) electrons. The van der Waals surface area contributed by atoms with Crippen LogP contribution in [0.2, 0.25) is 0 Å². The van der Waals surface area contributed by atoms with E-state index in [0.717, 1.165) is 41.1 Å². The summed E-state index contributed by atoms with van der Waals surface area (Å²) < 4.78 is 20.2. The molecule has 0 N–H and O–H groups in total. The smallest absolute Gasteiger partial charge is 0.282 e. The number of halogens is 2. The molecular weight excluding hydrogens is 708 g/mol. The highest BCUT2D eigenvalue weighted by atomic mass is 127. The van der Waals surface area contributed by atoms with Crippen molar-refractivity contribution in [3.8, 4) is 28.6 Å². The van der Waals surface area contributed by atoms with Crippen LogP contribution in [0.3, 0.4) is 0 Å². The van der Waals surface area contributed by atoms with E-state index in [4.69, 9.17) is 19.2 Å². The molecule has 0 saturated carbocycles. The van der Waals surface area contributed by atoms with Crippen LogP contribution >= 0.6 is 45.2 Å². The number of hydrogen-bond donors (Lipinski definition) is 0. The minimum absolute atomic E-state index is 0.223. The lowest BCUT2D eigenvalue weighted by Gasteiger charge is -2.12. The van der Waals surface area contributed by atoms with Gasteiger partial charge >= 0.3 is 0 Å². The number of rotatable bonds is 6. The number of ether oxygens (including phenoxy) is 3. The van der Waals surface area contributed by atoms with Gasteiger partial charge in [0, 0.05) is 5.56 Å². The number of benzene rings is 4. The summed E-state index contributed by atoms with van der Waals surface area (Å²) in [6.45, 7) is 0.640. The average molecular weight is 727 g/mol. The number of hydrogen-bond acceptors (Lipinski definition) is 6. The van der Waals surface area contributed by atoms with Gasteiger partial charge in [0.05, 0.1) is 24.3 Å². The molecule has 0 bridgehead atoms. The van der Waals surface area contributed by atoms with Gasteiger partial charge in [0.2, 0.25) is 6.79 Å². The molecule has 5 aromatic rings. The second kappa shape index (κ2) is 10.7. The third kappa shape index (κ3) is 4.99. The van der Waals surface area contributed by atoms with Crippen LogP contribution in [0.4, 0.5) is 0 Å². The topological polar surface area (TPSA) is 74.9 Å². The lowest BCUT2D eigenvalue weighted by Crippen LogP contribution is -2.20. The van der Waals surface area contributed by atoms with Crippen LogP contribution in [0.5, 0.6) is 17.2 Å². The Bertz CT molecular complexity index is 1730. The Kier molecular flexibility index (Phi) is 7.02. The van der Waals surface area contributed by atoms with Gasteiger partial charge in [0.1, 0.15) is 12.4 Å². The summed E-state index contributed by atoms with van der Waals surface area (Å²) >= 11 is 4.51. The highest BCUT2D eigenvalue weighted by molar-refractivity contribution is 14.1. The van der Waals surface area contributed by atoms with E-state index in [1.54, 1.807) is 12.3 Å². The van der Waals surface area contributed by atoms with E-state index in [1.165, 1.54) is 4.68 Å². The maximum absolute atomic E-state index is 13.4. The van der Waals surface area contributed by atoms with Crippen molar-refractivity contribution in [3.05, 3.63) is 114 Å². The number of para-hydroxylation sites is 1. The number of fused-ring (bicyclic) bond motifs is 2. The molecule has 0 atom stereocenters. The van der Waals surface area contributed by atoms with E-state index in [1.807, 2.05) is 78.9 Å². The Morgan fingerprint density at radius 2 is 1.66 bits per heavy atom. The lowest BCUT2D eigenvalue weighted by atomic mass is 10.2. The SMILES string of the molecule is O=c1c2ccccc2nc(-c2ccccc2)n1N=Cc1cc(I)c(OCc2ccc3c(c2)OCO3)c(I)c1. The van der Waals surface area contributed by atoms with Crippen molar-refractivity contribution in [2.75, 3.05) is 6.79 Å². The minimum atomic E-state index is -0.223. The Hall–Kier alpha value is -3.45. The Morgan fingerprint density at radius 1 is 0.921 bits per heavy atom. The van der Waals surface area contributed by atoms with E-state index in [0.29, 0.717) is 23.3 Å². The quantitative estimate of drug-likeness (QED) is 0.148. The predicted octanol–water partition coefficient (Wildman–Crippen LogP) is 6.46. The molecule has 0 unspecified atom stereocenters. The van der Waals surface area contributed by atoms with Crippen molar-refractivity contribution >= 4 is 62.3 Å². The highest BCUT2D eigenvalue weighted by Gasteiger charge is 2.15. The first-order valence-electron chi connectivity index (χ1n) is 11.7. The summed E-state index contributed by atoms with van der Waals surface area (Å²) in [5, 5.41) is 5.10. The third-order valence-corrected chi connectivity index (χ3v) is 7.55. The van der Waals surface area contributed by atoms with Crippen LogP contribution in [0.25, 0.3) is 22.3 Å². The molecule has 2 heterocycles. The van der Waals surface area contributed by atoms with Crippen LogP contribution < -0.4 is 19.8 Å². The van der Waals surface area contributed by atoms with Crippen LogP contribution in [-0.2, 0) is 6.61 Å². The van der Waals surface area contributed by atoms with Gasteiger partial charge in [-0.1, -0.05) is 48.5 Å². The lowest BCUT2D eigenvalue weighted by molar-refractivity contribution is 0.174. The average Bonchev–Trinajstić information content (AvgIpc) is 3.40. The van der Waals surface area contributed by atoms with Gasteiger partial charge in [-0.25, -0.2) is 4.98 Å². The minimum Gasteiger partial charge on any atom is -0.487 e. The molecule has 0 spiro atoms. The molecule has 1 aliphatic rings. The summed E-state index contributed by atoms with van der Waals surface area (Å²) in [6, 6.07) is 26.6. The molecule has 0 fully saturated rings. The van der Waals surface area contributed by atoms with Crippen LogP contribution in [-0.4, -0.2) is 22.7 Å². The van der Waals surface area contributed by atoms with Crippen molar-refractivity contribution in [2.24, 2.45) is 5.10 Å². The Balaban J connectivity index is 1.30. The van der Waals surface area contributed by atoms with Crippen molar-refractivity contribution in [1.82, 2.24) is 9.66 Å². The first kappa shape index (κ1) is 24.9. The number of aromatic nitrogens is 2. The van der Waals surface area contributed by atoms with Gasteiger partial charge in [-0.3, -0.25) is 4.79 Å². The highest BCUT2D eigenvalue weighted by Crippen LogP contribution is 2.34. The normalized spacial score (nSPS) is 12.4. The zero-order valence-electron chi connectivity index (χ0n) is 19.8. The summed E-state index contributed by atoms with van der Waals surface area (Å²) in [4.78, 5) is 18.1. The maximum Gasteiger partial charge on any atom is 0.282 e. The Morgan fingerprint density at radius 3 is 2.47 bits per heavy atom. The molecule has 6 rings (SSSR count). The molecular formula is C29H19I2N3O4. The van der Waals surface area contributed by atoms with E-state index in [2.05, 4.69) is 50.3 Å². The van der Waals surface area contributed by atoms with E-state index < -0.39 is 0 Å². The summed E-state index contributed by atoms with van der Waals surface area (Å²) in [7, 11) is 0. The van der Waals surface area contributed by atoms with Crippen molar-refractivity contribution in [1.29, 1.82) is 0 Å². The van der Waals surface area contributed by atoms with Crippen molar-refractivity contribution < 1.29 is 14.2 Å². The third-order valence-electron chi connectivity index (χ3n) is 5.95. The summed E-state index contributed by atoms with van der Waals surface area (Å²) in [5.74, 6) is 2.75.